The minimum atomic E-state index is -0.326. The van der Waals surface area contributed by atoms with Crippen molar-refractivity contribution >= 4 is 51.0 Å². The van der Waals surface area contributed by atoms with Gasteiger partial charge >= 0.3 is 6.01 Å². The normalized spacial score (nSPS) is 15.0. The Hall–Kier alpha value is -5.26. The molecule has 300 valence electrons. The summed E-state index contributed by atoms with van der Waals surface area (Å²) in [6, 6.07) is 8.48. The van der Waals surface area contributed by atoms with Crippen LogP contribution in [0.1, 0.15) is 90.2 Å². The fourth-order valence-corrected chi connectivity index (χ4v) is 7.63. The molecule has 1 aromatic heterocycles. The molecule has 56 heavy (non-hydrogen) atoms. The minimum absolute atomic E-state index is 0.0321. The molecule has 0 saturated heterocycles. The molecule has 2 heterocycles. The third kappa shape index (κ3) is 9.39. The van der Waals surface area contributed by atoms with Crippen LogP contribution in [0.2, 0.25) is 0 Å². The van der Waals surface area contributed by atoms with Gasteiger partial charge in [-0.3, -0.25) is 14.8 Å². The quantitative estimate of drug-likeness (QED) is 0.0446. The zero-order chi connectivity index (χ0) is 40.6. The number of nitrogens with two attached hydrogens (primary N) is 2. The van der Waals surface area contributed by atoms with Crippen LogP contribution in [0.3, 0.4) is 0 Å². The average molecular weight is 767 g/mol. The van der Waals surface area contributed by atoms with Crippen LogP contribution < -0.4 is 21.1 Å². The number of hydrogen-bond donors (Lipinski definition) is 3. The molecule has 0 aliphatic carbocycles. The van der Waals surface area contributed by atoms with Crippen LogP contribution in [0.4, 0.5) is 15.9 Å². The second kappa shape index (κ2) is 18.6. The standard InChI is InChI=1S/C44H59FN8O3/c1-8-11-13-18-44(4,17-12-9-2)27-56-43-50-37-24-33(32-23-30(54)21-28-15-16-35(45)31(10-3)38(28)32)40(47)34(25-48-5)39(37)41(51-43)53-20-14-19-49-29(26-53)22-36(46)42(55)52(6)7/h15-16,21-25,54H,8-14,17-20,26-27,46-47H2,1-7H3/b36-22-,48-25?. The van der Waals surface area contributed by atoms with Crippen molar-refractivity contribution in [3.63, 3.8) is 0 Å². The molecule has 5 rings (SSSR count). The summed E-state index contributed by atoms with van der Waals surface area (Å²) < 4.78 is 22.0. The molecule has 11 nitrogen and oxygen atoms in total. The van der Waals surface area contributed by atoms with Gasteiger partial charge in [0.2, 0.25) is 0 Å². The molecule has 1 unspecified atom stereocenters. The molecular formula is C44H59FN8O3. The number of carbonyl (C=O) groups excluding carboxylic acids is 1. The van der Waals surface area contributed by atoms with Gasteiger partial charge in [-0.25, -0.2) is 4.39 Å². The number of rotatable bonds is 16. The Kier molecular flexibility index (Phi) is 13.9. The van der Waals surface area contributed by atoms with Crippen molar-refractivity contribution in [2.24, 2.45) is 21.1 Å². The number of benzene rings is 3. The van der Waals surface area contributed by atoms with E-state index < -0.39 is 0 Å². The van der Waals surface area contributed by atoms with Crippen LogP contribution in [-0.4, -0.2) is 85.2 Å². The van der Waals surface area contributed by atoms with E-state index in [4.69, 9.17) is 31.2 Å². The number of halogens is 1. The molecule has 1 atom stereocenters. The summed E-state index contributed by atoms with van der Waals surface area (Å²) in [6.07, 6.45) is 12.2. The molecule has 0 saturated carbocycles. The van der Waals surface area contributed by atoms with Gasteiger partial charge in [0.1, 0.15) is 17.4 Å². The second-order valence-corrected chi connectivity index (χ2v) is 15.4. The van der Waals surface area contributed by atoms with Crippen LogP contribution in [0.25, 0.3) is 32.8 Å². The van der Waals surface area contributed by atoms with Gasteiger partial charge in [0.25, 0.3) is 5.91 Å². The Morgan fingerprint density at radius 1 is 1.07 bits per heavy atom. The highest BCUT2D eigenvalue weighted by atomic mass is 19.1. The van der Waals surface area contributed by atoms with E-state index in [1.54, 1.807) is 51.6 Å². The minimum Gasteiger partial charge on any atom is -0.508 e. The topological polar surface area (TPSA) is 156 Å². The van der Waals surface area contributed by atoms with E-state index in [0.29, 0.717) is 93.8 Å². The molecule has 4 aromatic rings. The number of aryl methyl sites for hydroxylation is 1. The number of carbonyl (C=O) groups is 1. The van der Waals surface area contributed by atoms with Crippen molar-refractivity contribution in [3.05, 3.63) is 59.0 Å². The summed E-state index contributed by atoms with van der Waals surface area (Å²) in [5, 5.41) is 13.0. The molecule has 1 amide bonds. The van der Waals surface area contributed by atoms with E-state index in [-0.39, 0.29) is 34.6 Å². The number of ether oxygens (including phenoxy) is 1. The summed E-state index contributed by atoms with van der Waals surface area (Å²) in [7, 11) is 4.99. The lowest BCUT2D eigenvalue weighted by Crippen LogP contribution is -2.32. The van der Waals surface area contributed by atoms with Gasteiger partial charge in [0.05, 0.1) is 35.5 Å². The summed E-state index contributed by atoms with van der Waals surface area (Å²) in [6.45, 7) is 10.5. The largest absolute Gasteiger partial charge is 0.508 e. The van der Waals surface area contributed by atoms with Gasteiger partial charge < -0.3 is 31.1 Å². The summed E-state index contributed by atoms with van der Waals surface area (Å²) >= 11 is 0. The van der Waals surface area contributed by atoms with E-state index in [0.717, 1.165) is 51.4 Å². The Bertz CT molecular complexity index is 2150. The number of nitrogens with zero attached hydrogens (tertiary/aromatic N) is 6. The van der Waals surface area contributed by atoms with Gasteiger partial charge in [-0.2, -0.15) is 9.97 Å². The Morgan fingerprint density at radius 3 is 2.52 bits per heavy atom. The molecule has 3 aromatic carbocycles. The maximum Gasteiger partial charge on any atom is 0.318 e. The first kappa shape index (κ1) is 41.9. The van der Waals surface area contributed by atoms with Gasteiger partial charge in [0.15, 0.2) is 0 Å². The Morgan fingerprint density at radius 2 is 1.82 bits per heavy atom. The monoisotopic (exact) mass is 766 g/mol. The highest BCUT2D eigenvalue weighted by molar-refractivity contribution is 6.15. The molecule has 1 aliphatic rings. The maximum atomic E-state index is 15.4. The lowest BCUT2D eigenvalue weighted by atomic mass is 9.81. The summed E-state index contributed by atoms with van der Waals surface area (Å²) in [5.74, 6) is -0.0118. The number of aliphatic imine (C=N–C) groups is 2. The van der Waals surface area contributed by atoms with Crippen LogP contribution in [0, 0.1) is 11.2 Å². The van der Waals surface area contributed by atoms with Crippen LogP contribution in [0.15, 0.2) is 52.1 Å². The molecule has 0 radical (unpaired) electrons. The average Bonchev–Trinajstić information content (AvgIpc) is 3.42. The van der Waals surface area contributed by atoms with Crippen molar-refractivity contribution in [2.45, 2.75) is 85.5 Å². The number of fused-ring (bicyclic) bond motifs is 2. The van der Waals surface area contributed by atoms with Gasteiger partial charge in [0, 0.05) is 62.7 Å². The van der Waals surface area contributed by atoms with Crippen LogP contribution >= 0.6 is 0 Å². The van der Waals surface area contributed by atoms with E-state index in [1.165, 1.54) is 11.0 Å². The highest BCUT2D eigenvalue weighted by Gasteiger charge is 2.28. The highest BCUT2D eigenvalue weighted by Crippen LogP contribution is 2.43. The number of unbranched alkanes of at least 4 members (excludes halogenated alkanes) is 3. The van der Waals surface area contributed by atoms with E-state index in [1.807, 2.05) is 13.0 Å². The molecule has 0 bridgehead atoms. The van der Waals surface area contributed by atoms with E-state index >= 15 is 4.39 Å². The lowest BCUT2D eigenvalue weighted by Gasteiger charge is -2.30. The third-order valence-electron chi connectivity index (χ3n) is 10.7. The van der Waals surface area contributed by atoms with Crippen molar-refractivity contribution in [2.75, 3.05) is 58.0 Å². The number of likely N-dealkylation sites (N-methyl/N-ethyl adjacent to an activating group) is 1. The van der Waals surface area contributed by atoms with Crippen LogP contribution in [0.5, 0.6) is 11.8 Å². The third-order valence-corrected chi connectivity index (χ3v) is 10.7. The summed E-state index contributed by atoms with van der Waals surface area (Å²) in [5.41, 5.74) is 17.2. The zero-order valence-corrected chi connectivity index (χ0v) is 34.2. The first-order valence-electron chi connectivity index (χ1n) is 19.9. The van der Waals surface area contributed by atoms with Crippen molar-refractivity contribution < 1.29 is 19.0 Å². The number of amides is 1. The summed E-state index contributed by atoms with van der Waals surface area (Å²) in [4.78, 5) is 35.6. The first-order valence-corrected chi connectivity index (χ1v) is 19.9. The number of anilines is 2. The van der Waals surface area contributed by atoms with E-state index in [2.05, 4.69) is 30.7 Å². The van der Waals surface area contributed by atoms with Gasteiger partial charge in [-0.15, -0.1) is 0 Å². The number of aromatic hydroxyl groups is 1. The SMILES string of the molecule is CCCCCC(C)(CCCC)COc1nc(N2CCCN=C(/C=C(\N)C(=O)N(C)C)C2)c2c(C=NC)c(N)c(-c3cc(O)cc4ccc(F)c(CC)c34)cc2n1. The van der Waals surface area contributed by atoms with Crippen molar-refractivity contribution in [1.82, 2.24) is 14.9 Å². The first-order chi connectivity index (χ1) is 26.8. The predicted octanol–water partition coefficient (Wildman–Crippen LogP) is 8.23. The fourth-order valence-electron chi connectivity index (χ4n) is 7.63. The molecule has 5 N–H and O–H groups in total. The van der Waals surface area contributed by atoms with Crippen molar-refractivity contribution in [1.29, 1.82) is 0 Å². The predicted molar refractivity (Wildman–Crippen MR) is 229 cm³/mol. The maximum absolute atomic E-state index is 15.4. The number of hydrogen-bond acceptors (Lipinski definition) is 10. The fraction of sp³-hybridized carbons (Fsp3) is 0.477. The Balaban J connectivity index is 1.76. The molecule has 1 aliphatic heterocycles. The zero-order valence-electron chi connectivity index (χ0n) is 34.2. The van der Waals surface area contributed by atoms with E-state index in [9.17, 15) is 9.90 Å². The van der Waals surface area contributed by atoms with Crippen molar-refractivity contribution in [3.8, 4) is 22.9 Å². The number of nitrogen functional groups attached to an aromatic ring is 1. The van der Waals surface area contributed by atoms with Gasteiger partial charge in [-0.05, 0) is 77.9 Å². The molecule has 0 fully saturated rings. The van der Waals surface area contributed by atoms with Gasteiger partial charge in [-0.1, -0.05) is 65.9 Å². The molecule has 0 spiro atoms. The number of phenolic OH excluding ortho intramolecular Hbond substituents is 1. The number of aromatic nitrogens is 2. The lowest BCUT2D eigenvalue weighted by molar-refractivity contribution is -0.124. The smallest absolute Gasteiger partial charge is 0.318 e. The molecular weight excluding hydrogens is 708 g/mol. The molecule has 12 heteroatoms. The van der Waals surface area contributed by atoms with Crippen LogP contribution in [-0.2, 0) is 11.2 Å². The second-order valence-electron chi connectivity index (χ2n) is 15.4. The number of phenols is 1. The Labute approximate surface area is 330 Å².